The van der Waals surface area contributed by atoms with Crippen LogP contribution < -0.4 is 10.6 Å². The molecule has 1 aromatic rings. The largest absolute Gasteiger partial charge is 0.357 e. The molecule has 1 heterocycles. The van der Waals surface area contributed by atoms with Crippen molar-refractivity contribution in [3.05, 3.63) is 12.2 Å². The summed E-state index contributed by atoms with van der Waals surface area (Å²) in [6.07, 6.45) is 5.03. The van der Waals surface area contributed by atoms with Gasteiger partial charge in [-0.3, -0.25) is 4.99 Å². The molecule has 0 aliphatic rings. The molecule has 7 heteroatoms. The summed E-state index contributed by atoms with van der Waals surface area (Å²) in [5, 5.41) is 14.9. The minimum absolute atomic E-state index is 0.412. The maximum atomic E-state index is 4.69. The number of hydrogen-bond acceptors (Lipinski definition) is 4. The molecule has 0 spiro atoms. The Morgan fingerprint density at radius 2 is 2.04 bits per heavy atom. The zero-order valence-corrected chi connectivity index (χ0v) is 16.8. The molecule has 0 saturated heterocycles. The third-order valence-electron chi connectivity index (χ3n) is 4.36. The number of hydrogen-bond donors (Lipinski definition) is 2. The van der Waals surface area contributed by atoms with Crippen molar-refractivity contribution >= 4 is 5.96 Å². The van der Waals surface area contributed by atoms with E-state index in [4.69, 9.17) is 0 Å². The van der Waals surface area contributed by atoms with Crippen LogP contribution in [0.4, 0.5) is 0 Å². The summed E-state index contributed by atoms with van der Waals surface area (Å²) >= 11 is 0. The minimum Gasteiger partial charge on any atom is -0.357 e. The molecular weight excluding hydrogens is 314 g/mol. The maximum Gasteiger partial charge on any atom is 0.191 e. The van der Waals surface area contributed by atoms with Crippen molar-refractivity contribution in [2.75, 3.05) is 32.7 Å². The summed E-state index contributed by atoms with van der Waals surface area (Å²) in [6.45, 7) is 16.7. The molecule has 0 aliphatic carbocycles. The first kappa shape index (κ1) is 21.4. The normalized spacial score (nSPS) is 13.3. The fourth-order valence-corrected chi connectivity index (χ4v) is 2.80. The smallest absolute Gasteiger partial charge is 0.191 e. The third kappa shape index (κ3) is 8.34. The van der Waals surface area contributed by atoms with E-state index in [0.29, 0.717) is 12.6 Å². The Bertz CT molecular complexity index is 480. The second-order valence-corrected chi connectivity index (χ2v) is 6.27. The monoisotopic (exact) mass is 351 g/mol. The second-order valence-electron chi connectivity index (χ2n) is 6.27. The Balaban J connectivity index is 2.41. The number of guanidine groups is 1. The molecule has 0 aromatic carbocycles. The van der Waals surface area contributed by atoms with Crippen molar-refractivity contribution in [3.63, 3.8) is 0 Å². The molecule has 7 nitrogen and oxygen atoms in total. The summed E-state index contributed by atoms with van der Waals surface area (Å²) < 4.78 is 2.07. The van der Waals surface area contributed by atoms with Gasteiger partial charge in [0, 0.05) is 25.6 Å². The molecule has 0 amide bonds. The van der Waals surface area contributed by atoms with Gasteiger partial charge in [-0.15, -0.1) is 10.2 Å². The second kappa shape index (κ2) is 12.7. The molecule has 1 unspecified atom stereocenters. The van der Waals surface area contributed by atoms with Gasteiger partial charge in [-0.25, -0.2) is 0 Å². The van der Waals surface area contributed by atoms with Gasteiger partial charge in [0.05, 0.1) is 6.54 Å². The first-order valence-corrected chi connectivity index (χ1v) is 9.78. The lowest BCUT2D eigenvalue weighted by Crippen LogP contribution is -2.42. The zero-order chi connectivity index (χ0) is 18.5. The number of rotatable bonds is 12. The van der Waals surface area contributed by atoms with E-state index in [-0.39, 0.29) is 0 Å². The van der Waals surface area contributed by atoms with Crippen molar-refractivity contribution in [1.82, 2.24) is 30.3 Å². The maximum absolute atomic E-state index is 4.69. The lowest BCUT2D eigenvalue weighted by atomic mass is 10.2. The SMILES string of the molecule is CCNC(=NCCn1cnnc1CC)NC(C)CCCN(CC)CC. The third-order valence-corrected chi connectivity index (χ3v) is 4.36. The molecule has 0 radical (unpaired) electrons. The number of aliphatic imine (C=N–C) groups is 1. The van der Waals surface area contributed by atoms with Crippen LogP contribution in [0.2, 0.25) is 0 Å². The molecular formula is C18H37N7. The van der Waals surface area contributed by atoms with Gasteiger partial charge >= 0.3 is 0 Å². The van der Waals surface area contributed by atoms with Crippen molar-refractivity contribution in [1.29, 1.82) is 0 Å². The van der Waals surface area contributed by atoms with Crippen LogP contribution in [0.3, 0.4) is 0 Å². The van der Waals surface area contributed by atoms with E-state index in [1.165, 1.54) is 13.0 Å². The van der Waals surface area contributed by atoms with E-state index in [9.17, 15) is 0 Å². The lowest BCUT2D eigenvalue weighted by molar-refractivity contribution is 0.292. The van der Waals surface area contributed by atoms with Gasteiger partial charge < -0.3 is 20.1 Å². The number of aryl methyl sites for hydroxylation is 1. The molecule has 1 aromatic heterocycles. The molecule has 144 valence electrons. The Morgan fingerprint density at radius 3 is 2.68 bits per heavy atom. The van der Waals surface area contributed by atoms with Crippen LogP contribution in [0.15, 0.2) is 11.3 Å². The van der Waals surface area contributed by atoms with Gasteiger partial charge in [0.2, 0.25) is 0 Å². The Hall–Kier alpha value is -1.63. The van der Waals surface area contributed by atoms with Crippen molar-refractivity contribution in [3.8, 4) is 0 Å². The Morgan fingerprint density at radius 1 is 1.28 bits per heavy atom. The average Bonchev–Trinajstić information content (AvgIpc) is 3.06. The van der Waals surface area contributed by atoms with Gasteiger partial charge in [0.25, 0.3) is 0 Å². The van der Waals surface area contributed by atoms with Crippen LogP contribution in [-0.2, 0) is 13.0 Å². The predicted molar refractivity (Wildman–Crippen MR) is 105 cm³/mol. The summed E-state index contributed by atoms with van der Waals surface area (Å²) in [5.74, 6) is 1.90. The lowest BCUT2D eigenvalue weighted by Gasteiger charge is -2.21. The van der Waals surface area contributed by atoms with E-state index >= 15 is 0 Å². The summed E-state index contributed by atoms with van der Waals surface area (Å²) in [5.41, 5.74) is 0. The highest BCUT2D eigenvalue weighted by atomic mass is 15.3. The summed E-state index contributed by atoms with van der Waals surface area (Å²) in [7, 11) is 0. The number of nitrogens with one attached hydrogen (secondary N) is 2. The molecule has 0 fully saturated rings. The molecule has 1 rings (SSSR count). The molecule has 25 heavy (non-hydrogen) atoms. The van der Waals surface area contributed by atoms with Gasteiger partial charge in [-0.05, 0) is 46.3 Å². The average molecular weight is 352 g/mol. The Kier molecular flexibility index (Phi) is 10.9. The number of nitrogens with zero attached hydrogens (tertiary/aromatic N) is 5. The van der Waals surface area contributed by atoms with Gasteiger partial charge in [0.15, 0.2) is 5.96 Å². The quantitative estimate of drug-likeness (QED) is 0.445. The first-order chi connectivity index (χ1) is 12.1. The van der Waals surface area contributed by atoms with E-state index in [1.807, 2.05) is 0 Å². The van der Waals surface area contributed by atoms with E-state index in [0.717, 1.165) is 50.8 Å². The summed E-state index contributed by atoms with van der Waals surface area (Å²) in [4.78, 5) is 7.16. The molecule has 2 N–H and O–H groups in total. The standard InChI is InChI=1S/C18H37N7/c1-6-17-23-21-15-25(17)14-12-20-18(19-7-2)22-16(5)11-10-13-24(8-3)9-4/h15-16H,6-14H2,1-5H3,(H2,19,20,22). The first-order valence-electron chi connectivity index (χ1n) is 9.78. The number of aromatic nitrogens is 3. The van der Waals surface area contributed by atoms with Crippen molar-refractivity contribution < 1.29 is 0 Å². The minimum atomic E-state index is 0.412. The van der Waals surface area contributed by atoms with E-state index in [2.05, 4.69) is 69.9 Å². The van der Waals surface area contributed by atoms with Crippen molar-refractivity contribution in [2.45, 2.75) is 66.5 Å². The van der Waals surface area contributed by atoms with Gasteiger partial charge in [-0.1, -0.05) is 20.8 Å². The van der Waals surface area contributed by atoms with Crippen LogP contribution in [0.25, 0.3) is 0 Å². The molecule has 1 atom stereocenters. The van der Waals surface area contributed by atoms with E-state index in [1.54, 1.807) is 6.33 Å². The van der Waals surface area contributed by atoms with Gasteiger partial charge in [-0.2, -0.15) is 0 Å². The highest BCUT2D eigenvalue weighted by Gasteiger charge is 2.07. The van der Waals surface area contributed by atoms with E-state index < -0.39 is 0 Å². The van der Waals surface area contributed by atoms with Gasteiger partial charge in [0.1, 0.15) is 12.2 Å². The zero-order valence-electron chi connectivity index (χ0n) is 16.8. The van der Waals surface area contributed by atoms with Crippen LogP contribution in [-0.4, -0.2) is 64.4 Å². The molecule has 0 saturated carbocycles. The van der Waals surface area contributed by atoms with Crippen molar-refractivity contribution in [2.24, 2.45) is 4.99 Å². The van der Waals surface area contributed by atoms with Crippen LogP contribution in [0, 0.1) is 0 Å². The summed E-state index contributed by atoms with van der Waals surface area (Å²) in [6, 6.07) is 0.412. The van der Waals surface area contributed by atoms with Crippen LogP contribution in [0.5, 0.6) is 0 Å². The molecule has 0 aliphatic heterocycles. The topological polar surface area (TPSA) is 70.4 Å². The fraction of sp³-hybridized carbons (Fsp3) is 0.833. The fourth-order valence-electron chi connectivity index (χ4n) is 2.80. The molecule has 0 bridgehead atoms. The predicted octanol–water partition coefficient (Wildman–Crippen LogP) is 1.91. The highest BCUT2D eigenvalue weighted by Crippen LogP contribution is 2.00. The Labute approximate surface area is 153 Å². The highest BCUT2D eigenvalue weighted by molar-refractivity contribution is 5.80. The van der Waals surface area contributed by atoms with Crippen LogP contribution >= 0.6 is 0 Å². The van der Waals surface area contributed by atoms with Crippen LogP contribution in [0.1, 0.15) is 53.3 Å².